The van der Waals surface area contributed by atoms with Gasteiger partial charge in [0.05, 0.1) is 13.1 Å². The van der Waals surface area contributed by atoms with E-state index in [1.807, 2.05) is 12.1 Å². The first-order valence-electron chi connectivity index (χ1n) is 8.73. The van der Waals surface area contributed by atoms with Crippen LogP contribution in [0, 0.1) is 0 Å². The Hall–Kier alpha value is -2.14. The van der Waals surface area contributed by atoms with Gasteiger partial charge in [-0.2, -0.15) is 0 Å². The normalized spacial score (nSPS) is 10.7. The fourth-order valence-electron chi connectivity index (χ4n) is 3.12. The molecule has 3 aromatic rings. The zero-order valence-electron chi connectivity index (χ0n) is 15.7. The van der Waals surface area contributed by atoms with E-state index in [2.05, 4.69) is 45.1 Å². The molecule has 0 saturated heterocycles. The molecule has 4 N–H and O–H groups in total. The highest BCUT2D eigenvalue weighted by Crippen LogP contribution is 2.19. The molecule has 2 aromatic heterocycles. The molecule has 1 aromatic carbocycles. The predicted molar refractivity (Wildman–Crippen MR) is 103 cm³/mol. The second-order valence-electron chi connectivity index (χ2n) is 6.01. The van der Waals surface area contributed by atoms with Crippen molar-refractivity contribution in [1.82, 2.24) is 14.5 Å². The zero-order valence-corrected chi connectivity index (χ0v) is 18.6. The van der Waals surface area contributed by atoms with Gasteiger partial charge in [-0.05, 0) is 25.5 Å². The minimum Gasteiger partial charge on any atom is -1.00 e. The van der Waals surface area contributed by atoms with Gasteiger partial charge >= 0.3 is 5.97 Å². The lowest BCUT2D eigenvalue weighted by Gasteiger charge is -2.07. The summed E-state index contributed by atoms with van der Waals surface area (Å²) in [4.78, 5) is 20.2. The molecule has 0 amide bonds. The average molecular weight is 517 g/mol. The minimum absolute atomic E-state index is 0. The summed E-state index contributed by atoms with van der Waals surface area (Å²) in [7, 11) is 0. The number of ether oxygens (including phenoxy) is 1. The molecule has 0 bridgehead atoms. The monoisotopic (exact) mass is 516 g/mol. The first kappa shape index (κ1) is 22.2. The van der Waals surface area contributed by atoms with Crippen molar-refractivity contribution in [1.29, 1.82) is 0 Å². The Morgan fingerprint density at radius 1 is 1.21 bits per heavy atom. The molecule has 10 heteroatoms. The number of aromatic nitrogens is 4. The Morgan fingerprint density at radius 3 is 2.61 bits per heavy atom. The smallest absolute Gasteiger partial charge is 0.361 e. The number of hydrogen-bond donors (Lipinski definition) is 2. The van der Waals surface area contributed by atoms with Crippen molar-refractivity contribution in [3.63, 3.8) is 0 Å². The fourth-order valence-corrected chi connectivity index (χ4v) is 3.24. The number of para-hydroxylation sites is 2. The average Bonchev–Trinajstić information content (AvgIpc) is 2.96. The van der Waals surface area contributed by atoms with Crippen LogP contribution in [0.5, 0.6) is 0 Å². The van der Waals surface area contributed by atoms with Crippen LogP contribution >= 0.6 is 11.6 Å². The van der Waals surface area contributed by atoms with Gasteiger partial charge < -0.3 is 40.2 Å². The number of esters is 1. The Kier molecular flexibility index (Phi) is 7.41. The maximum absolute atomic E-state index is 12.5. The molecule has 8 nitrogen and oxygen atoms in total. The molecule has 0 aliphatic carbocycles. The van der Waals surface area contributed by atoms with Crippen molar-refractivity contribution in [3.8, 4) is 0 Å². The number of carbonyl (C=O) groups excluding carboxylic acids is 1. The van der Waals surface area contributed by atoms with E-state index in [0.29, 0.717) is 0 Å². The summed E-state index contributed by atoms with van der Waals surface area (Å²) < 4.78 is 9.78. The number of benzene rings is 1. The number of nitrogens with zero attached hydrogens (tertiary/aromatic N) is 4. The maximum atomic E-state index is 12.5. The van der Waals surface area contributed by atoms with Gasteiger partial charge in [0.2, 0.25) is 0 Å². The molecular weight excluding hydrogens is 495 g/mol. The van der Waals surface area contributed by atoms with Gasteiger partial charge in [0.25, 0.3) is 5.82 Å². The van der Waals surface area contributed by atoms with Gasteiger partial charge in [-0.15, -0.1) is 0 Å². The van der Waals surface area contributed by atoms with Gasteiger partial charge in [-0.3, -0.25) is 0 Å². The fraction of sp³-hybridized carbons (Fsp3) is 0.333. The van der Waals surface area contributed by atoms with Gasteiger partial charge in [-0.1, -0.05) is 30.7 Å². The summed E-state index contributed by atoms with van der Waals surface area (Å²) in [6.07, 6.45) is 0.954. The van der Waals surface area contributed by atoms with Crippen LogP contribution in [0.3, 0.4) is 0 Å². The van der Waals surface area contributed by atoms with E-state index in [9.17, 15) is 4.79 Å². The Balaban J connectivity index is 0.00000280. The third kappa shape index (κ3) is 4.14. The second-order valence-corrected chi connectivity index (χ2v) is 6.37. The number of imidazole rings is 1. The SMILES string of the molecule is CCC[n+]1c(COC(=O)c2nc(Cl)c(N)nc2N)n(CC)c2ccccc21.[I-]. The molecule has 0 aliphatic rings. The highest BCUT2D eigenvalue weighted by molar-refractivity contribution is 6.31. The maximum Gasteiger partial charge on any atom is 0.361 e. The number of rotatable bonds is 6. The molecular formula is C18H22ClIN6O2. The molecule has 0 unspecified atom stereocenters. The van der Waals surface area contributed by atoms with E-state index >= 15 is 0 Å². The van der Waals surface area contributed by atoms with Gasteiger partial charge in [0.15, 0.2) is 40.1 Å². The number of aryl methyl sites for hydroxylation is 2. The molecule has 0 radical (unpaired) electrons. The minimum atomic E-state index is -0.696. The van der Waals surface area contributed by atoms with Gasteiger partial charge in [-0.25, -0.2) is 23.9 Å². The molecule has 0 atom stereocenters. The summed E-state index contributed by atoms with van der Waals surface area (Å²) in [6.45, 7) is 5.80. The van der Waals surface area contributed by atoms with Crippen molar-refractivity contribution in [2.75, 3.05) is 11.5 Å². The van der Waals surface area contributed by atoms with E-state index in [1.54, 1.807) is 0 Å². The highest BCUT2D eigenvalue weighted by Gasteiger charge is 2.26. The van der Waals surface area contributed by atoms with E-state index in [-0.39, 0.29) is 53.1 Å². The van der Waals surface area contributed by atoms with Crippen molar-refractivity contribution in [3.05, 3.63) is 40.9 Å². The molecule has 0 spiro atoms. The van der Waals surface area contributed by atoms with Crippen molar-refractivity contribution >= 4 is 40.2 Å². The van der Waals surface area contributed by atoms with E-state index < -0.39 is 5.97 Å². The summed E-state index contributed by atoms with van der Waals surface area (Å²) in [5, 5.41) is -0.0835. The zero-order chi connectivity index (χ0) is 19.6. The quantitative estimate of drug-likeness (QED) is 0.255. The summed E-state index contributed by atoms with van der Waals surface area (Å²) in [5.74, 6) is 0.0526. The van der Waals surface area contributed by atoms with Crippen LogP contribution < -0.4 is 40.0 Å². The first-order valence-corrected chi connectivity index (χ1v) is 9.11. The number of hydrogen-bond acceptors (Lipinski definition) is 6. The van der Waals surface area contributed by atoms with Crippen LogP contribution in [0.1, 0.15) is 36.6 Å². The Labute approximate surface area is 184 Å². The van der Waals surface area contributed by atoms with Crippen molar-refractivity contribution < 1.29 is 38.1 Å². The molecule has 3 rings (SSSR count). The topological polar surface area (TPSA) is 113 Å². The lowest BCUT2D eigenvalue weighted by atomic mass is 10.3. The number of fused-ring (bicyclic) bond motifs is 1. The molecule has 0 fully saturated rings. The third-order valence-corrected chi connectivity index (χ3v) is 4.56. The lowest BCUT2D eigenvalue weighted by Crippen LogP contribution is -3.00. The van der Waals surface area contributed by atoms with Crippen LogP contribution in [0.25, 0.3) is 11.0 Å². The van der Waals surface area contributed by atoms with Crippen LogP contribution in [-0.4, -0.2) is 20.5 Å². The first-order chi connectivity index (χ1) is 13.0. The van der Waals surface area contributed by atoms with E-state index in [0.717, 1.165) is 36.4 Å². The second kappa shape index (κ2) is 9.37. The van der Waals surface area contributed by atoms with Gasteiger partial charge in [0.1, 0.15) is 0 Å². The lowest BCUT2D eigenvalue weighted by molar-refractivity contribution is -0.681. The Bertz CT molecular complexity index is 1010. The third-order valence-electron chi connectivity index (χ3n) is 4.28. The molecule has 150 valence electrons. The van der Waals surface area contributed by atoms with Crippen LogP contribution in [0.2, 0.25) is 5.15 Å². The molecule has 0 saturated carbocycles. The van der Waals surface area contributed by atoms with E-state index in [1.165, 1.54) is 0 Å². The van der Waals surface area contributed by atoms with Crippen LogP contribution in [0.15, 0.2) is 24.3 Å². The van der Waals surface area contributed by atoms with E-state index in [4.69, 9.17) is 27.8 Å². The van der Waals surface area contributed by atoms with Crippen molar-refractivity contribution in [2.24, 2.45) is 0 Å². The largest absolute Gasteiger partial charge is 1.00 e. The summed E-state index contributed by atoms with van der Waals surface area (Å²) in [6, 6.07) is 8.11. The van der Waals surface area contributed by atoms with Crippen LogP contribution in [0.4, 0.5) is 11.6 Å². The molecule has 2 heterocycles. The number of nitrogens with two attached hydrogens (primary N) is 2. The van der Waals surface area contributed by atoms with Gasteiger partial charge in [0, 0.05) is 0 Å². The Morgan fingerprint density at radius 2 is 1.93 bits per heavy atom. The molecule has 0 aliphatic heterocycles. The number of anilines is 2. The van der Waals surface area contributed by atoms with Crippen molar-refractivity contribution in [2.45, 2.75) is 40.0 Å². The predicted octanol–water partition coefficient (Wildman–Crippen LogP) is -0.672. The standard InChI is InChI=1S/C18H21ClN6O2.HI/c1-3-9-25-12-8-6-5-7-11(12)24(4-2)13(25)10-27-18(26)14-16(20)23-17(21)15(19)22-14;/h5-8H,3-4,9-10H2,1-2H3,(H3-,20,21,23,26);1H. The number of carbonyl (C=O) groups is 1. The summed E-state index contributed by atoms with van der Waals surface area (Å²) in [5.41, 5.74) is 13.3. The number of nitrogen functional groups attached to an aromatic ring is 2. The van der Waals surface area contributed by atoms with Crippen LogP contribution in [-0.2, 0) is 24.4 Å². The number of halogens is 2. The summed E-state index contributed by atoms with van der Waals surface area (Å²) >= 11 is 5.84. The molecule has 28 heavy (non-hydrogen) atoms. The highest BCUT2D eigenvalue weighted by atomic mass is 127.